The number of hydrogen-bond donors (Lipinski definition) is 0. The highest BCUT2D eigenvalue weighted by Crippen LogP contribution is 2.96. The van der Waals surface area contributed by atoms with Crippen LogP contribution in [0.3, 0.4) is 0 Å². The first-order chi connectivity index (χ1) is 36.9. The number of ketones is 2. The van der Waals surface area contributed by atoms with Gasteiger partial charge in [-0.1, -0.05) is 51.1 Å². The molecule has 2 spiro atoms. The monoisotopic (exact) mass is 922 g/mol. The zero-order valence-electron chi connectivity index (χ0n) is 39.2. The van der Waals surface area contributed by atoms with Gasteiger partial charge in [-0.05, 0) is 319 Å². The van der Waals surface area contributed by atoms with E-state index in [1.807, 2.05) is 20.8 Å². The summed E-state index contributed by atoms with van der Waals surface area (Å²) < 4.78 is 0. The van der Waals surface area contributed by atoms with Crippen molar-refractivity contribution >= 4 is 302 Å². The SMILES string of the molecule is CC(C)(C)C(=O)C(=O)C1(c2ccccc2)C23c4c5c6c7c8c9c(c%10c%11c2c2c4c4c%12c5c5c6c6c8c8c%13c9c9c%10c%10c%11c%11c2c2c4c4c%12c%12c5c5c6c8c6c8c%13c9c9c%10c%10c%11c2c2c4c4c%12c5c6c5c8c9c%10c2c45)C713. The second-order valence-electron chi connectivity index (χ2n) is 28.3. The third-order valence-corrected chi connectivity index (χ3v) is 26.8. The maximum atomic E-state index is 17.6. The van der Waals surface area contributed by atoms with Crippen molar-refractivity contribution < 1.29 is 9.59 Å². The lowest BCUT2D eigenvalue weighted by Crippen LogP contribution is -2.42. The van der Waals surface area contributed by atoms with E-state index in [2.05, 4.69) is 30.3 Å². The molecule has 318 valence electrons. The van der Waals surface area contributed by atoms with Crippen molar-refractivity contribution in [2.75, 3.05) is 0 Å². The summed E-state index contributed by atoms with van der Waals surface area (Å²) in [6, 6.07) is 11.1. The summed E-state index contributed by atoms with van der Waals surface area (Å²) in [5.74, 6) is -0.376. The fourth-order valence-electron chi connectivity index (χ4n) is 26.7. The van der Waals surface area contributed by atoms with Gasteiger partial charge in [0.05, 0.1) is 16.2 Å². The molecule has 75 heavy (non-hydrogen) atoms. The highest BCUT2D eigenvalue weighted by molar-refractivity contribution is 6.82. The molecule has 0 aromatic heterocycles. The Balaban J connectivity index is 1.14. The highest BCUT2D eigenvalue weighted by atomic mass is 16.2. The van der Waals surface area contributed by atoms with Gasteiger partial charge < -0.3 is 0 Å². The van der Waals surface area contributed by atoms with Crippen LogP contribution in [0, 0.1) is 5.41 Å². The molecule has 1 fully saturated rings. The van der Waals surface area contributed by atoms with Crippen LogP contribution >= 0.6 is 0 Å². The Morgan fingerprint density at radius 2 is 0.413 bits per heavy atom. The zero-order valence-corrected chi connectivity index (χ0v) is 39.2. The molecule has 34 rings (SSSR count). The molecule has 0 saturated heterocycles. The number of carbonyl (C=O) groups is 2. The molecule has 0 atom stereocenters. The van der Waals surface area contributed by atoms with Crippen LogP contribution in [0.4, 0.5) is 0 Å². The molecule has 5 aliphatic carbocycles. The van der Waals surface area contributed by atoms with Crippen LogP contribution in [-0.4, -0.2) is 11.6 Å². The summed E-state index contributed by atoms with van der Waals surface area (Å²) in [5.41, 5.74) is 3.06. The van der Waals surface area contributed by atoms with E-state index in [0.29, 0.717) is 0 Å². The van der Waals surface area contributed by atoms with E-state index in [4.69, 9.17) is 0 Å². The normalized spacial score (nSPS) is 23.7. The molecule has 0 N–H and O–H groups in total. The molecule has 0 amide bonds. The maximum Gasteiger partial charge on any atom is 0.212 e. The highest BCUT2D eigenvalue weighted by Gasteiger charge is 2.97. The molecule has 0 radical (unpaired) electrons. The average Bonchev–Trinajstić information content (AvgIpc) is 1.49. The van der Waals surface area contributed by atoms with Crippen molar-refractivity contribution in [1.82, 2.24) is 0 Å². The topological polar surface area (TPSA) is 34.1 Å². The van der Waals surface area contributed by atoms with Crippen molar-refractivity contribution in [1.29, 1.82) is 0 Å². The summed E-state index contributed by atoms with van der Waals surface area (Å²) in [6.45, 7) is 6.04. The van der Waals surface area contributed by atoms with Gasteiger partial charge in [0.15, 0.2) is 0 Å². The van der Waals surface area contributed by atoms with Crippen LogP contribution in [-0.2, 0) is 25.8 Å². The molecule has 5 aliphatic rings. The van der Waals surface area contributed by atoms with Gasteiger partial charge in [0.25, 0.3) is 0 Å². The van der Waals surface area contributed by atoms with Crippen molar-refractivity contribution in [3.63, 3.8) is 0 Å². The van der Waals surface area contributed by atoms with Crippen LogP contribution in [0.15, 0.2) is 30.3 Å². The minimum atomic E-state index is -1.21. The lowest BCUT2D eigenvalue weighted by atomic mass is 9.68. The van der Waals surface area contributed by atoms with E-state index in [0.717, 1.165) is 5.56 Å². The fourth-order valence-corrected chi connectivity index (χ4v) is 26.7. The molecule has 0 heterocycles. The van der Waals surface area contributed by atoms with E-state index < -0.39 is 21.7 Å². The molecular weight excluding hydrogens is 909 g/mol. The van der Waals surface area contributed by atoms with Gasteiger partial charge in [-0.2, -0.15) is 0 Å². The van der Waals surface area contributed by atoms with Crippen LogP contribution in [0.1, 0.15) is 48.6 Å². The minimum Gasteiger partial charge on any atom is -0.290 e. The van der Waals surface area contributed by atoms with Gasteiger partial charge in [-0.3, -0.25) is 9.59 Å². The number of rotatable bonds is 3. The van der Waals surface area contributed by atoms with Crippen molar-refractivity contribution in [2.45, 2.75) is 37.0 Å². The maximum absolute atomic E-state index is 17.6. The first-order valence-electron chi connectivity index (χ1n) is 27.8. The first kappa shape index (κ1) is 29.0. The van der Waals surface area contributed by atoms with Gasteiger partial charge in [0.1, 0.15) is 0 Å². The molecule has 0 unspecified atom stereocenters. The molecule has 1 saturated carbocycles. The lowest BCUT2D eigenvalue weighted by molar-refractivity contribution is -0.143. The van der Waals surface area contributed by atoms with E-state index >= 15 is 9.59 Å². The van der Waals surface area contributed by atoms with Gasteiger partial charge >= 0.3 is 0 Å². The summed E-state index contributed by atoms with van der Waals surface area (Å²) in [5, 5.41) is 83.1. The summed E-state index contributed by atoms with van der Waals surface area (Å²) in [4.78, 5) is 33.7. The Morgan fingerprint density at radius 1 is 0.253 bits per heavy atom. The Hall–Kier alpha value is -8.98. The van der Waals surface area contributed by atoms with Crippen LogP contribution < -0.4 is 0 Å². The smallest absolute Gasteiger partial charge is 0.212 e. The van der Waals surface area contributed by atoms with E-state index in [1.165, 1.54) is 162 Å². The molecule has 0 aliphatic heterocycles. The molecule has 2 heteroatoms. The van der Waals surface area contributed by atoms with Crippen LogP contribution in [0.2, 0.25) is 0 Å². The second kappa shape index (κ2) is 6.47. The molecule has 29 aromatic carbocycles. The predicted molar refractivity (Wildman–Crippen MR) is 311 cm³/mol. The van der Waals surface area contributed by atoms with Crippen molar-refractivity contribution in [3.8, 4) is 0 Å². The Labute approximate surface area is 410 Å². The summed E-state index contributed by atoms with van der Waals surface area (Å²) in [7, 11) is 0. The third-order valence-electron chi connectivity index (χ3n) is 26.8. The summed E-state index contributed by atoms with van der Waals surface area (Å²) >= 11 is 0. The minimum absolute atomic E-state index is 0.156. The fraction of sp³-hybridized carbons (Fsp3) is 0.0959. The molecule has 0 bridgehead atoms. The number of benzene rings is 19. The standard InChI is InChI=1S/C73H14O2/c1-70(2,3)68(74)69(75)71(9-7-5-4-6-8-9)72-64-56-48-38-28-20-12-10-11-14-18-16(12)24-32-26(18)36-30-22(14)23-15(11)19-17-13(10)21(20)29-35-25(17)33-27(19)37-31(23)41-40(30)50-44(36)54-46(32)52(42(48)34(24)28)60(64)62(54)66-58(50)59-51(41)45(37)55-47(33)53-43(35)49(39(29)38)57(56)65(72)61(53)63(55)67(59)73(66,71)72/h4-8H,1-3H3. The van der Waals surface area contributed by atoms with E-state index in [1.54, 1.807) is 151 Å². The van der Waals surface area contributed by atoms with Gasteiger partial charge in [-0.25, -0.2) is 0 Å². The second-order valence-corrected chi connectivity index (χ2v) is 28.3. The Bertz CT molecular complexity index is 7120. The van der Waals surface area contributed by atoms with Gasteiger partial charge in [0, 0.05) is 5.41 Å². The molecule has 2 nitrogen and oxygen atoms in total. The van der Waals surface area contributed by atoms with Crippen molar-refractivity contribution in [2.24, 2.45) is 5.41 Å². The Morgan fingerprint density at radius 3 is 0.573 bits per heavy atom. The average molecular weight is 923 g/mol. The third kappa shape index (κ3) is 1.54. The number of Topliss-reactive ketones (excluding diaryl/α,β-unsaturated/α-hetero) is 2. The van der Waals surface area contributed by atoms with Gasteiger partial charge in [0.2, 0.25) is 11.6 Å². The number of carbonyl (C=O) groups excluding carboxylic acids is 2. The van der Waals surface area contributed by atoms with E-state index in [-0.39, 0.29) is 11.6 Å². The predicted octanol–water partition coefficient (Wildman–Crippen LogP) is 18.4. The summed E-state index contributed by atoms with van der Waals surface area (Å²) in [6.07, 6.45) is 0. The van der Waals surface area contributed by atoms with Crippen LogP contribution in [0.5, 0.6) is 0 Å². The van der Waals surface area contributed by atoms with Gasteiger partial charge in [-0.15, -0.1) is 0 Å². The lowest BCUT2D eigenvalue weighted by Gasteiger charge is -2.32. The van der Waals surface area contributed by atoms with Crippen molar-refractivity contribution in [3.05, 3.63) is 58.1 Å². The molecular formula is C73H14O2. The Kier molecular flexibility index (Phi) is 2.50. The van der Waals surface area contributed by atoms with Crippen LogP contribution in [0.25, 0.3) is 291 Å². The van der Waals surface area contributed by atoms with E-state index in [9.17, 15) is 0 Å². The quantitative estimate of drug-likeness (QED) is 0.131. The zero-order chi connectivity index (χ0) is 45.8. The largest absolute Gasteiger partial charge is 0.290 e. The molecule has 29 aromatic rings. The first-order valence-corrected chi connectivity index (χ1v) is 27.8. The number of hydrogen-bond acceptors (Lipinski definition) is 2.